The van der Waals surface area contributed by atoms with Crippen LogP contribution >= 0.6 is 0 Å². The lowest BCUT2D eigenvalue weighted by Gasteiger charge is -2.32. The molecule has 2 aromatic carbocycles. The second-order valence-corrected chi connectivity index (χ2v) is 12.8. The summed E-state index contributed by atoms with van der Waals surface area (Å²) in [4.78, 5) is 33.4. The number of rotatable bonds is 13. The third-order valence-electron chi connectivity index (χ3n) is 8.60. The molecule has 1 aliphatic carbocycles. The van der Waals surface area contributed by atoms with Gasteiger partial charge in [-0.05, 0) is 97.9 Å². The van der Waals surface area contributed by atoms with Crippen LogP contribution in [-0.4, -0.2) is 28.6 Å². The van der Waals surface area contributed by atoms with Gasteiger partial charge in [-0.2, -0.15) is 0 Å². The average Bonchev–Trinajstić information content (AvgIpc) is 3.73. The molecule has 0 radical (unpaired) electrons. The van der Waals surface area contributed by atoms with Crippen molar-refractivity contribution in [1.29, 1.82) is 0 Å². The van der Waals surface area contributed by atoms with Crippen molar-refractivity contribution in [2.24, 2.45) is 10.8 Å². The molecule has 1 aliphatic rings. The summed E-state index contributed by atoms with van der Waals surface area (Å²) in [5.41, 5.74) is 6.10. The van der Waals surface area contributed by atoms with E-state index in [9.17, 15) is 9.59 Å². The average molecular weight is 571 g/mol. The molecule has 1 aromatic heterocycles. The molecule has 1 saturated carbocycles. The van der Waals surface area contributed by atoms with E-state index in [1.54, 1.807) is 32.4 Å². The minimum atomic E-state index is -0.441. The molecule has 0 atom stereocenters. The zero-order valence-electron chi connectivity index (χ0n) is 25.9. The molecule has 0 spiro atoms. The highest BCUT2D eigenvalue weighted by Gasteiger charge is 2.55. The lowest BCUT2D eigenvalue weighted by molar-refractivity contribution is -0.118. The third-order valence-corrected chi connectivity index (χ3v) is 8.60. The van der Waals surface area contributed by atoms with Crippen molar-refractivity contribution in [1.82, 2.24) is 9.97 Å². The van der Waals surface area contributed by atoms with Gasteiger partial charge in [-0.15, -0.1) is 0 Å². The Labute approximate surface area is 249 Å². The quantitative estimate of drug-likeness (QED) is 0.117. The summed E-state index contributed by atoms with van der Waals surface area (Å²) >= 11 is 0. The number of benzene rings is 2. The lowest BCUT2D eigenvalue weighted by Crippen LogP contribution is -2.25. The first-order valence-electron chi connectivity index (χ1n) is 14.8. The summed E-state index contributed by atoms with van der Waals surface area (Å²) in [6.45, 7) is 14.4. The molecule has 0 amide bonds. The summed E-state index contributed by atoms with van der Waals surface area (Å²) in [5, 5.41) is 0. The Morgan fingerprint density at radius 3 is 2.45 bits per heavy atom. The Hall–Kier alpha value is -3.67. The molecule has 4 rings (SSSR count). The van der Waals surface area contributed by atoms with Crippen molar-refractivity contribution in [2.45, 2.75) is 86.0 Å². The van der Waals surface area contributed by atoms with Crippen LogP contribution in [0.25, 0.3) is 22.3 Å². The molecule has 0 bridgehead atoms. The van der Waals surface area contributed by atoms with Gasteiger partial charge >= 0.3 is 0 Å². The van der Waals surface area contributed by atoms with Gasteiger partial charge in [0.15, 0.2) is 0 Å². The van der Waals surface area contributed by atoms with Crippen LogP contribution in [0.15, 0.2) is 60.5 Å². The van der Waals surface area contributed by atoms with Gasteiger partial charge in [0.05, 0.1) is 30.0 Å². The lowest BCUT2D eigenvalue weighted by atomic mass is 9.75. The third kappa shape index (κ3) is 7.21. The number of carbonyl (C=O) groups is 2. The smallest absolute Gasteiger partial charge is 0.141 e. The first-order valence-corrected chi connectivity index (χ1v) is 14.8. The number of Topliss-reactive ketones (excluding diaryl/α,β-unsaturated/α-hetero) is 2. The molecule has 5 nitrogen and oxygen atoms in total. The predicted molar refractivity (Wildman–Crippen MR) is 167 cm³/mol. The van der Waals surface area contributed by atoms with Crippen LogP contribution in [0.1, 0.15) is 82.9 Å². The van der Waals surface area contributed by atoms with Crippen molar-refractivity contribution >= 4 is 22.6 Å². The Balaban J connectivity index is 1.42. The molecular weight excluding hydrogens is 527 g/mol. The van der Waals surface area contributed by atoms with E-state index < -0.39 is 5.82 Å². The molecule has 222 valence electrons. The fourth-order valence-electron chi connectivity index (χ4n) is 5.80. The minimum Gasteiger partial charge on any atom is -0.500 e. The van der Waals surface area contributed by atoms with E-state index in [1.807, 2.05) is 12.1 Å². The van der Waals surface area contributed by atoms with E-state index in [0.717, 1.165) is 54.5 Å². The van der Waals surface area contributed by atoms with Crippen molar-refractivity contribution < 1.29 is 18.7 Å². The molecular formula is C36H43FN2O3. The molecule has 1 heterocycles. The molecule has 42 heavy (non-hydrogen) atoms. The Morgan fingerprint density at radius 2 is 1.83 bits per heavy atom. The number of aromatic nitrogens is 2. The van der Waals surface area contributed by atoms with Gasteiger partial charge < -0.3 is 9.53 Å². The number of halogens is 1. The van der Waals surface area contributed by atoms with Gasteiger partial charge in [-0.25, -0.2) is 9.37 Å². The van der Waals surface area contributed by atoms with Crippen LogP contribution in [0.4, 0.5) is 4.39 Å². The molecule has 0 N–H and O–H groups in total. The monoisotopic (exact) mass is 570 g/mol. The zero-order chi connectivity index (χ0) is 30.7. The summed E-state index contributed by atoms with van der Waals surface area (Å²) in [7, 11) is 1.67. The van der Waals surface area contributed by atoms with E-state index in [-0.39, 0.29) is 35.2 Å². The van der Waals surface area contributed by atoms with Crippen molar-refractivity contribution in [3.05, 3.63) is 83.0 Å². The molecule has 3 aromatic rings. The van der Waals surface area contributed by atoms with Crippen molar-refractivity contribution in [3.63, 3.8) is 0 Å². The van der Waals surface area contributed by atoms with Gasteiger partial charge in [0.2, 0.25) is 0 Å². The molecule has 6 heteroatoms. The highest BCUT2D eigenvalue weighted by molar-refractivity contribution is 5.84. The zero-order valence-corrected chi connectivity index (χ0v) is 25.9. The minimum absolute atomic E-state index is 0.0104. The number of carbonyl (C=O) groups excluding carboxylic acids is 2. The number of unbranched alkanes of at least 4 members (excludes halogenated alkanes) is 1. The first kappa shape index (κ1) is 31.3. The fraction of sp³-hybridized carbons (Fsp3) is 0.444. The normalized spacial score (nSPS) is 14.6. The number of aryl methyl sites for hydroxylation is 2. The predicted octanol–water partition coefficient (Wildman–Crippen LogP) is 8.46. The Morgan fingerprint density at radius 1 is 1.10 bits per heavy atom. The van der Waals surface area contributed by atoms with Crippen LogP contribution in [0, 0.1) is 23.6 Å². The second-order valence-electron chi connectivity index (χ2n) is 12.8. The van der Waals surface area contributed by atoms with Gasteiger partial charge in [0.1, 0.15) is 23.1 Å². The van der Waals surface area contributed by atoms with Gasteiger partial charge in [0.25, 0.3) is 0 Å². The number of hydrogen-bond donors (Lipinski definition) is 0. The second kappa shape index (κ2) is 12.7. The highest BCUT2D eigenvalue weighted by atomic mass is 19.1. The molecule has 0 unspecified atom stereocenters. The van der Waals surface area contributed by atoms with Gasteiger partial charge in [-0.3, -0.25) is 9.78 Å². The van der Waals surface area contributed by atoms with Crippen LogP contribution < -0.4 is 0 Å². The number of methoxy groups -OCH3 is 1. The number of hydrogen-bond acceptors (Lipinski definition) is 5. The van der Waals surface area contributed by atoms with Crippen LogP contribution in [0.5, 0.6) is 0 Å². The van der Waals surface area contributed by atoms with E-state index in [2.05, 4.69) is 45.3 Å². The number of ketones is 2. The summed E-state index contributed by atoms with van der Waals surface area (Å²) in [6, 6.07) is 8.93. The Bertz CT molecular complexity index is 1540. The van der Waals surface area contributed by atoms with E-state index in [1.165, 1.54) is 11.6 Å². The highest BCUT2D eigenvalue weighted by Crippen LogP contribution is 2.63. The number of nitrogens with zero attached hydrogens (tertiary/aromatic N) is 2. The Kier molecular flexibility index (Phi) is 9.44. The van der Waals surface area contributed by atoms with Crippen LogP contribution in [-0.2, 0) is 27.2 Å². The van der Waals surface area contributed by atoms with Crippen molar-refractivity contribution in [3.8, 4) is 11.3 Å². The summed E-state index contributed by atoms with van der Waals surface area (Å²) in [5.74, 6) is 0.550. The van der Waals surface area contributed by atoms with Gasteiger partial charge in [-0.1, -0.05) is 39.5 Å². The molecule has 0 saturated heterocycles. The maximum Gasteiger partial charge on any atom is 0.141 e. The number of allylic oxidation sites excluding steroid dienone is 3. The fourth-order valence-corrected chi connectivity index (χ4v) is 5.80. The number of ether oxygens (including phenoxy) is 1. The molecule has 0 aliphatic heterocycles. The topological polar surface area (TPSA) is 69.2 Å². The molecule has 1 fully saturated rings. The summed E-state index contributed by atoms with van der Waals surface area (Å²) in [6.07, 6.45) is 9.12. The first-order chi connectivity index (χ1) is 19.8. The van der Waals surface area contributed by atoms with E-state index in [4.69, 9.17) is 9.72 Å². The maximum atomic E-state index is 15.1. The largest absolute Gasteiger partial charge is 0.500 e. The maximum absolute atomic E-state index is 15.1. The van der Waals surface area contributed by atoms with Crippen molar-refractivity contribution in [2.75, 3.05) is 7.11 Å². The SMILES string of the molecule is C=C(/C=C(\OC)C1(C(C)(C)C)CC1)CC(=O)Cc1ccc(-c2cnc3cc(CCCCC(C)=O)c(C)cc3n2)cc1F. The van der Waals surface area contributed by atoms with Crippen LogP contribution in [0.3, 0.4) is 0 Å². The van der Waals surface area contributed by atoms with Gasteiger partial charge in [0, 0.05) is 30.2 Å². The summed E-state index contributed by atoms with van der Waals surface area (Å²) < 4.78 is 20.9. The standard InChI is InChI=1S/C36H43FN2O3/c1-23(17-34(42-7)36(14-15-36)35(4,5)6)16-29(41)19-27-12-13-28(20-30(27)37)33-22-38-31-21-26(11-9-8-10-25(3)40)24(2)18-32(31)39-33/h12-13,17-18,20-22H,1,8-11,14-16,19H2,2-7H3/b34-17-. The number of fused-ring (bicyclic) bond motifs is 1. The van der Waals surface area contributed by atoms with E-state index in [0.29, 0.717) is 28.8 Å². The van der Waals surface area contributed by atoms with Crippen LogP contribution in [0.2, 0.25) is 0 Å². The van der Waals surface area contributed by atoms with E-state index >= 15 is 4.39 Å².